The Morgan fingerprint density at radius 1 is 0.692 bits per heavy atom. The van der Waals surface area contributed by atoms with Crippen molar-refractivity contribution in [2.45, 2.75) is 37.9 Å². The van der Waals surface area contributed by atoms with Crippen molar-refractivity contribution in [1.29, 1.82) is 0 Å². The van der Waals surface area contributed by atoms with Crippen molar-refractivity contribution < 1.29 is 19.8 Å². The monoisotopic (exact) mass is 584 g/mol. The predicted octanol–water partition coefficient (Wildman–Crippen LogP) is 4.03. The van der Waals surface area contributed by atoms with Crippen LogP contribution in [0.1, 0.15) is 46.2 Å². The lowest BCUT2D eigenvalue weighted by atomic mass is 10.1. The van der Waals surface area contributed by atoms with E-state index in [1.54, 1.807) is 36.0 Å². The van der Waals surface area contributed by atoms with Crippen LogP contribution in [0.3, 0.4) is 0 Å². The van der Waals surface area contributed by atoms with Crippen LogP contribution in [0.5, 0.6) is 0 Å². The van der Waals surface area contributed by atoms with Crippen molar-refractivity contribution in [2.75, 3.05) is 22.1 Å². The minimum Gasteiger partial charge on any atom is -0.388 e. The zero-order valence-electron chi connectivity index (χ0n) is 20.9. The molecule has 2 amide bonds. The first-order chi connectivity index (χ1) is 19.0. The molecule has 0 saturated heterocycles. The Morgan fingerprint density at radius 2 is 1.10 bits per heavy atom. The van der Waals surface area contributed by atoms with Crippen LogP contribution in [0, 0.1) is 0 Å². The summed E-state index contributed by atoms with van der Waals surface area (Å²) in [7, 11) is 0. The normalized spacial score (nSPS) is 12.6. The summed E-state index contributed by atoms with van der Waals surface area (Å²) in [5.41, 5.74) is 1.38. The van der Waals surface area contributed by atoms with Gasteiger partial charge >= 0.3 is 0 Å². The van der Waals surface area contributed by atoms with Gasteiger partial charge in [-0.3, -0.25) is 9.59 Å². The van der Waals surface area contributed by atoms with Gasteiger partial charge in [0.2, 0.25) is 22.1 Å². The number of carbonyl (C=O) groups excluding carboxylic acids is 2. The van der Waals surface area contributed by atoms with Gasteiger partial charge in [-0.05, 0) is 22.6 Å². The lowest BCUT2D eigenvalue weighted by molar-refractivity contribution is -0.119. The van der Waals surface area contributed by atoms with Gasteiger partial charge in [-0.15, -0.1) is 20.4 Å². The van der Waals surface area contributed by atoms with Gasteiger partial charge < -0.3 is 20.8 Å². The van der Waals surface area contributed by atoms with Crippen molar-refractivity contribution in [3.8, 4) is 0 Å². The maximum atomic E-state index is 12.2. The quantitative estimate of drug-likeness (QED) is 0.161. The summed E-state index contributed by atoms with van der Waals surface area (Å²) in [6.07, 6.45) is -0.424. The summed E-state index contributed by atoms with van der Waals surface area (Å²) in [6, 6.07) is 18.1. The predicted molar refractivity (Wildman–Crippen MR) is 154 cm³/mol. The van der Waals surface area contributed by atoms with Crippen LogP contribution >= 0.6 is 34.4 Å². The summed E-state index contributed by atoms with van der Waals surface area (Å²) in [5.74, 6) is 1.02. The van der Waals surface area contributed by atoms with Gasteiger partial charge in [-0.25, -0.2) is 0 Å². The average Bonchev–Trinajstić information content (AvgIpc) is 3.58. The highest BCUT2D eigenvalue weighted by Gasteiger charge is 2.16. The number of aromatic nitrogens is 4. The maximum Gasteiger partial charge on any atom is 0.229 e. The van der Waals surface area contributed by atoms with Crippen LogP contribution in [0.4, 0.5) is 10.3 Å². The molecule has 204 valence electrons. The molecule has 0 saturated carbocycles. The van der Waals surface area contributed by atoms with Crippen molar-refractivity contribution in [3.63, 3.8) is 0 Å². The number of nitrogens with zero attached hydrogens (tertiary/aromatic N) is 4. The summed E-state index contributed by atoms with van der Waals surface area (Å²) in [6.45, 7) is 0. The van der Waals surface area contributed by atoms with Crippen molar-refractivity contribution in [1.82, 2.24) is 20.4 Å². The highest BCUT2D eigenvalue weighted by molar-refractivity contribution is 7.99. The second kappa shape index (κ2) is 14.8. The van der Waals surface area contributed by atoms with Crippen LogP contribution in [0.2, 0.25) is 0 Å². The number of anilines is 2. The first kappa shape index (κ1) is 28.8. The molecule has 4 aromatic rings. The fraction of sp³-hybridized carbons (Fsp3) is 0.308. The van der Waals surface area contributed by atoms with E-state index in [1.165, 1.54) is 22.7 Å². The minimum absolute atomic E-state index is 0.0541. The van der Waals surface area contributed by atoms with Gasteiger partial charge in [-0.2, -0.15) is 11.8 Å². The van der Waals surface area contributed by atoms with E-state index >= 15 is 0 Å². The third-order valence-electron chi connectivity index (χ3n) is 5.47. The summed E-state index contributed by atoms with van der Waals surface area (Å²) in [5, 5.41) is 44.6. The molecule has 0 aliphatic rings. The van der Waals surface area contributed by atoms with Gasteiger partial charge in [-0.1, -0.05) is 83.3 Å². The number of rotatable bonds is 14. The van der Waals surface area contributed by atoms with Gasteiger partial charge in [0.05, 0.1) is 25.0 Å². The first-order valence-corrected chi connectivity index (χ1v) is 15.0. The van der Waals surface area contributed by atoms with Gasteiger partial charge in [0, 0.05) is 12.8 Å². The number of aryl methyl sites for hydroxylation is 2. The van der Waals surface area contributed by atoms with E-state index in [0.29, 0.717) is 34.2 Å². The van der Waals surface area contributed by atoms with Crippen LogP contribution < -0.4 is 10.6 Å². The number of aliphatic hydroxyl groups excluding tert-OH is 2. The molecule has 13 heteroatoms. The van der Waals surface area contributed by atoms with E-state index in [0.717, 1.165) is 21.5 Å². The van der Waals surface area contributed by atoms with Crippen molar-refractivity contribution in [2.24, 2.45) is 0 Å². The number of aliphatic hydroxyl groups is 2. The topological polar surface area (TPSA) is 150 Å². The van der Waals surface area contributed by atoms with E-state index < -0.39 is 12.2 Å². The molecular weight excluding hydrogens is 557 g/mol. The standard InChI is InChI=1S/C26H28N6O4S3/c33-19(17-7-3-1-4-8-17)15-21(35)27-25-31-29-23(38-25)11-13-37-14-12-24-30-32-26(39-24)28-22(36)16-20(34)18-9-5-2-6-10-18/h1-10,19-20,33-34H,11-16H2,(H,27,31,35)(H,28,32,36)/t19-,20-/m1/s1. The highest BCUT2D eigenvalue weighted by Crippen LogP contribution is 2.22. The van der Waals surface area contributed by atoms with Crippen LogP contribution in [0.25, 0.3) is 0 Å². The Hall–Kier alpha value is -3.23. The number of nitrogens with one attached hydrogen (secondary N) is 2. The van der Waals surface area contributed by atoms with Gasteiger partial charge in [0.25, 0.3) is 0 Å². The summed E-state index contributed by atoms with van der Waals surface area (Å²) >= 11 is 4.38. The SMILES string of the molecule is O=C(C[C@@H](O)c1ccccc1)Nc1nnc(CCSCCc2nnc(NC(=O)C[C@@H](O)c3ccccc3)s2)s1. The van der Waals surface area contributed by atoms with Crippen molar-refractivity contribution in [3.05, 3.63) is 81.8 Å². The largest absolute Gasteiger partial charge is 0.388 e. The number of benzene rings is 2. The minimum atomic E-state index is -0.872. The smallest absolute Gasteiger partial charge is 0.229 e. The Morgan fingerprint density at radius 3 is 1.51 bits per heavy atom. The lowest BCUT2D eigenvalue weighted by Crippen LogP contribution is -2.15. The second-order valence-corrected chi connectivity index (χ2v) is 11.8. The van der Waals surface area contributed by atoms with E-state index in [9.17, 15) is 19.8 Å². The van der Waals surface area contributed by atoms with E-state index in [4.69, 9.17) is 0 Å². The molecule has 2 aromatic carbocycles. The van der Waals surface area contributed by atoms with Crippen LogP contribution in [0.15, 0.2) is 60.7 Å². The fourth-order valence-corrected chi connectivity index (χ4v) is 6.16. The molecule has 0 bridgehead atoms. The lowest BCUT2D eigenvalue weighted by Gasteiger charge is -2.09. The highest BCUT2D eigenvalue weighted by atomic mass is 32.2. The molecule has 4 N–H and O–H groups in total. The zero-order chi connectivity index (χ0) is 27.5. The average molecular weight is 585 g/mol. The Labute approximate surface area is 237 Å². The van der Waals surface area contributed by atoms with Gasteiger partial charge in [0.1, 0.15) is 10.0 Å². The fourth-order valence-electron chi connectivity index (χ4n) is 3.51. The van der Waals surface area contributed by atoms with Crippen molar-refractivity contribution >= 4 is 56.5 Å². The Kier molecular flexibility index (Phi) is 10.9. The molecule has 0 aliphatic heterocycles. The summed E-state index contributed by atoms with van der Waals surface area (Å²) < 4.78 is 0. The molecule has 2 aromatic heterocycles. The maximum absolute atomic E-state index is 12.2. The summed E-state index contributed by atoms with van der Waals surface area (Å²) in [4.78, 5) is 24.5. The molecule has 4 rings (SSSR count). The third kappa shape index (κ3) is 9.48. The molecule has 10 nitrogen and oxygen atoms in total. The molecular formula is C26H28N6O4S3. The molecule has 0 fully saturated rings. The molecule has 0 unspecified atom stereocenters. The van der Waals surface area contributed by atoms with E-state index in [1.807, 2.05) is 36.4 Å². The van der Waals surface area contributed by atoms with Gasteiger partial charge in [0.15, 0.2) is 0 Å². The Balaban J connectivity index is 1.11. The number of thioether (sulfide) groups is 1. The number of amides is 2. The molecule has 0 aliphatic carbocycles. The molecule has 0 spiro atoms. The van der Waals surface area contributed by atoms with Crippen LogP contribution in [-0.2, 0) is 22.4 Å². The van der Waals surface area contributed by atoms with E-state index in [-0.39, 0.29) is 24.7 Å². The Bertz CT molecular complexity index is 1230. The number of hydrogen-bond acceptors (Lipinski definition) is 11. The molecule has 2 atom stereocenters. The van der Waals surface area contributed by atoms with E-state index in [2.05, 4.69) is 31.0 Å². The number of hydrogen-bond donors (Lipinski definition) is 4. The molecule has 2 heterocycles. The first-order valence-electron chi connectivity index (χ1n) is 12.2. The second-order valence-electron chi connectivity index (χ2n) is 8.47. The van der Waals surface area contributed by atoms with Crippen LogP contribution in [-0.4, -0.2) is 53.9 Å². The zero-order valence-corrected chi connectivity index (χ0v) is 23.3. The molecule has 39 heavy (non-hydrogen) atoms. The molecule has 0 radical (unpaired) electrons. The number of carbonyl (C=O) groups is 2. The third-order valence-corrected chi connectivity index (χ3v) is 8.26.